The molecule has 2 N–H and O–H groups in total. The van der Waals surface area contributed by atoms with Crippen LogP contribution in [0.25, 0.3) is 0 Å². The maximum absolute atomic E-state index is 12.4. The van der Waals surface area contributed by atoms with Gasteiger partial charge in [0.05, 0.1) is 17.0 Å². The Balaban J connectivity index is 1.58. The molecule has 2 unspecified atom stereocenters. The molecule has 1 saturated carbocycles. The first kappa shape index (κ1) is 19.1. The van der Waals surface area contributed by atoms with E-state index >= 15 is 0 Å². The molecule has 144 valence electrons. The number of imide groups is 1. The van der Waals surface area contributed by atoms with E-state index in [1.165, 1.54) is 0 Å². The minimum absolute atomic E-state index is 0.0113. The Morgan fingerprint density at radius 2 is 1.59 bits per heavy atom. The van der Waals surface area contributed by atoms with E-state index in [1.807, 2.05) is 0 Å². The smallest absolute Gasteiger partial charge is 0.308 e. The quantitative estimate of drug-likeness (QED) is 0.771. The Morgan fingerprint density at radius 3 is 2.19 bits per heavy atom. The molecule has 1 aliphatic carbocycles. The highest BCUT2D eigenvalue weighted by atomic mass is 16.4. The molecule has 7 nitrogen and oxygen atoms in total. The molecule has 1 aromatic carbocycles. The largest absolute Gasteiger partial charge is 0.481 e. The van der Waals surface area contributed by atoms with E-state index in [-0.39, 0.29) is 18.9 Å². The average Bonchev–Trinajstić information content (AvgIpc) is 2.86. The SMILES string of the molecule is O=C(CCN1C(=O)c2ccccc2C1=O)NC1CCCCCCC1C(=O)O. The molecule has 7 heteroatoms. The molecular formula is C20H24N2O5. The van der Waals surface area contributed by atoms with Crippen molar-refractivity contribution in [3.63, 3.8) is 0 Å². The third kappa shape index (κ3) is 4.18. The van der Waals surface area contributed by atoms with Crippen molar-refractivity contribution in [2.45, 2.75) is 51.0 Å². The minimum Gasteiger partial charge on any atom is -0.481 e. The van der Waals surface area contributed by atoms with Crippen molar-refractivity contribution < 1.29 is 24.3 Å². The number of nitrogens with one attached hydrogen (secondary N) is 1. The third-order valence-corrected chi connectivity index (χ3v) is 5.37. The zero-order chi connectivity index (χ0) is 19.4. The lowest BCUT2D eigenvalue weighted by molar-refractivity contribution is -0.143. The van der Waals surface area contributed by atoms with Gasteiger partial charge in [0.1, 0.15) is 0 Å². The summed E-state index contributed by atoms with van der Waals surface area (Å²) in [5.74, 6) is -2.59. The van der Waals surface area contributed by atoms with E-state index < -0.39 is 29.7 Å². The lowest BCUT2D eigenvalue weighted by Gasteiger charge is -2.27. The van der Waals surface area contributed by atoms with Crippen LogP contribution in [0, 0.1) is 5.92 Å². The number of nitrogens with zero attached hydrogens (tertiary/aromatic N) is 1. The Labute approximate surface area is 157 Å². The summed E-state index contributed by atoms with van der Waals surface area (Å²) >= 11 is 0. The zero-order valence-corrected chi connectivity index (χ0v) is 15.1. The molecule has 1 heterocycles. The number of carboxylic acid groups (broad SMARTS) is 1. The maximum atomic E-state index is 12.4. The van der Waals surface area contributed by atoms with Gasteiger partial charge in [0, 0.05) is 19.0 Å². The number of hydrogen-bond donors (Lipinski definition) is 2. The molecule has 0 bridgehead atoms. The number of benzene rings is 1. The van der Waals surface area contributed by atoms with Gasteiger partial charge in [-0.25, -0.2) is 0 Å². The second-order valence-corrected chi connectivity index (χ2v) is 7.17. The van der Waals surface area contributed by atoms with E-state index in [2.05, 4.69) is 5.32 Å². The first-order chi connectivity index (χ1) is 13.0. The van der Waals surface area contributed by atoms with E-state index in [0.29, 0.717) is 24.0 Å². The first-order valence-electron chi connectivity index (χ1n) is 9.46. The second kappa shape index (κ2) is 8.33. The zero-order valence-electron chi connectivity index (χ0n) is 15.1. The summed E-state index contributed by atoms with van der Waals surface area (Å²) in [6, 6.07) is 6.18. The Hall–Kier alpha value is -2.70. The van der Waals surface area contributed by atoms with E-state index in [0.717, 1.165) is 30.6 Å². The molecule has 0 saturated heterocycles. The fourth-order valence-corrected chi connectivity index (χ4v) is 3.89. The predicted octanol–water partition coefficient (Wildman–Crippen LogP) is 2.21. The minimum atomic E-state index is -0.887. The van der Waals surface area contributed by atoms with Crippen molar-refractivity contribution in [2.75, 3.05) is 6.54 Å². The summed E-state index contributed by atoms with van der Waals surface area (Å²) in [7, 11) is 0. The predicted molar refractivity (Wildman–Crippen MR) is 97.2 cm³/mol. The highest BCUT2D eigenvalue weighted by Crippen LogP contribution is 2.24. The van der Waals surface area contributed by atoms with E-state index in [9.17, 15) is 24.3 Å². The van der Waals surface area contributed by atoms with Crippen LogP contribution in [-0.4, -0.2) is 46.3 Å². The maximum Gasteiger partial charge on any atom is 0.308 e. The van der Waals surface area contributed by atoms with Gasteiger partial charge in [-0.1, -0.05) is 37.8 Å². The molecule has 0 radical (unpaired) electrons. The van der Waals surface area contributed by atoms with E-state index in [1.54, 1.807) is 24.3 Å². The van der Waals surface area contributed by atoms with Gasteiger partial charge in [-0.05, 0) is 25.0 Å². The molecule has 1 aromatic rings. The number of carbonyl (C=O) groups is 4. The van der Waals surface area contributed by atoms with Gasteiger partial charge < -0.3 is 10.4 Å². The van der Waals surface area contributed by atoms with Crippen LogP contribution in [0.5, 0.6) is 0 Å². The summed E-state index contributed by atoms with van der Waals surface area (Å²) in [5.41, 5.74) is 0.711. The van der Waals surface area contributed by atoms with Gasteiger partial charge >= 0.3 is 5.97 Å². The summed E-state index contributed by atoms with van der Waals surface area (Å²) in [6.45, 7) is -0.0113. The fraction of sp³-hybridized carbons (Fsp3) is 0.500. The van der Waals surface area contributed by atoms with Gasteiger partial charge in [-0.2, -0.15) is 0 Å². The Kier molecular flexibility index (Phi) is 5.88. The normalized spacial score (nSPS) is 22.7. The van der Waals surface area contributed by atoms with Gasteiger partial charge in [0.2, 0.25) is 5.91 Å². The van der Waals surface area contributed by atoms with Crippen LogP contribution in [0.15, 0.2) is 24.3 Å². The topological polar surface area (TPSA) is 104 Å². The van der Waals surface area contributed by atoms with Crippen LogP contribution in [0.1, 0.15) is 65.7 Å². The van der Waals surface area contributed by atoms with Crippen LogP contribution in [0.3, 0.4) is 0 Å². The van der Waals surface area contributed by atoms with Crippen LogP contribution in [0.2, 0.25) is 0 Å². The molecule has 2 atom stereocenters. The average molecular weight is 372 g/mol. The molecule has 1 fully saturated rings. The number of rotatable bonds is 5. The Morgan fingerprint density at radius 1 is 1.00 bits per heavy atom. The van der Waals surface area contributed by atoms with Gasteiger partial charge in [-0.3, -0.25) is 24.1 Å². The van der Waals surface area contributed by atoms with Crippen molar-refractivity contribution in [1.82, 2.24) is 10.2 Å². The molecule has 2 aliphatic rings. The van der Waals surface area contributed by atoms with Crippen LogP contribution < -0.4 is 5.32 Å². The number of fused-ring (bicyclic) bond motifs is 1. The monoisotopic (exact) mass is 372 g/mol. The second-order valence-electron chi connectivity index (χ2n) is 7.17. The van der Waals surface area contributed by atoms with Crippen molar-refractivity contribution in [3.8, 4) is 0 Å². The summed E-state index contributed by atoms with van der Waals surface area (Å²) in [5, 5.41) is 12.3. The van der Waals surface area contributed by atoms with Gasteiger partial charge in [-0.15, -0.1) is 0 Å². The van der Waals surface area contributed by atoms with Crippen molar-refractivity contribution in [3.05, 3.63) is 35.4 Å². The molecular weight excluding hydrogens is 348 g/mol. The fourth-order valence-electron chi connectivity index (χ4n) is 3.89. The highest BCUT2D eigenvalue weighted by Gasteiger charge is 2.35. The molecule has 27 heavy (non-hydrogen) atoms. The molecule has 0 spiro atoms. The third-order valence-electron chi connectivity index (χ3n) is 5.37. The number of hydrogen-bond acceptors (Lipinski definition) is 4. The number of amides is 3. The van der Waals surface area contributed by atoms with E-state index in [4.69, 9.17) is 0 Å². The van der Waals surface area contributed by atoms with Crippen LogP contribution >= 0.6 is 0 Å². The van der Waals surface area contributed by atoms with Crippen molar-refractivity contribution in [2.24, 2.45) is 5.92 Å². The molecule has 1 aliphatic heterocycles. The summed E-state index contributed by atoms with van der Waals surface area (Å²) in [6.07, 6.45) is 4.94. The van der Waals surface area contributed by atoms with Crippen LogP contribution in [0.4, 0.5) is 0 Å². The lowest BCUT2D eigenvalue weighted by Crippen LogP contribution is -2.45. The number of aliphatic carboxylic acids is 1. The molecule has 3 rings (SSSR count). The van der Waals surface area contributed by atoms with Crippen molar-refractivity contribution >= 4 is 23.7 Å². The standard InChI is InChI=1S/C20H24N2O5/c23-17(21-16-10-4-2-1-3-9-15(16)20(26)27)11-12-22-18(24)13-7-5-6-8-14(13)19(22)25/h5-8,15-16H,1-4,9-12H2,(H,21,23)(H,26,27). The molecule has 0 aromatic heterocycles. The van der Waals surface area contributed by atoms with Crippen LogP contribution in [-0.2, 0) is 9.59 Å². The highest BCUT2D eigenvalue weighted by molar-refractivity contribution is 6.21. The first-order valence-corrected chi connectivity index (χ1v) is 9.46. The lowest BCUT2D eigenvalue weighted by atomic mass is 9.86. The van der Waals surface area contributed by atoms with Gasteiger partial charge in [0.15, 0.2) is 0 Å². The van der Waals surface area contributed by atoms with Crippen molar-refractivity contribution in [1.29, 1.82) is 0 Å². The molecule has 3 amide bonds. The summed E-state index contributed by atoms with van der Waals surface area (Å²) < 4.78 is 0. The Bertz CT molecular complexity index is 725. The number of carboxylic acids is 1. The van der Waals surface area contributed by atoms with Gasteiger partial charge in [0.25, 0.3) is 11.8 Å². The summed E-state index contributed by atoms with van der Waals surface area (Å²) in [4.78, 5) is 49.6. The number of carbonyl (C=O) groups excluding carboxylic acids is 3.